The number of aromatic nitrogens is 2. The minimum absolute atomic E-state index is 0.141. The number of urea groups is 1. The highest BCUT2D eigenvalue weighted by molar-refractivity contribution is 7.98. The predicted octanol–water partition coefficient (Wildman–Crippen LogP) is 6.75. The lowest BCUT2D eigenvalue weighted by Crippen LogP contribution is -2.42. The van der Waals surface area contributed by atoms with Gasteiger partial charge in [0.2, 0.25) is 0 Å². The summed E-state index contributed by atoms with van der Waals surface area (Å²) in [4.78, 5) is 35.3. The normalized spacial score (nSPS) is 12.0. The molecule has 2 amide bonds. The first-order valence-corrected chi connectivity index (χ1v) is 13.4. The second kappa shape index (κ2) is 11.4. The number of thioether (sulfide) groups is 1. The fraction of sp³-hybridized carbons (Fsp3) is 0.276. The molecule has 0 saturated carbocycles. The number of anilines is 1. The van der Waals surface area contributed by atoms with E-state index in [-0.39, 0.29) is 17.5 Å². The highest BCUT2D eigenvalue weighted by atomic mass is 32.2. The third-order valence-electron chi connectivity index (χ3n) is 6.04. The van der Waals surface area contributed by atoms with Gasteiger partial charge in [-0.1, -0.05) is 51.1 Å². The molecule has 186 valence electrons. The molecule has 36 heavy (non-hydrogen) atoms. The van der Waals surface area contributed by atoms with E-state index in [0.29, 0.717) is 29.7 Å². The maximum absolute atomic E-state index is 13.7. The Bertz CT molecular complexity index is 1380. The van der Waals surface area contributed by atoms with Gasteiger partial charge < -0.3 is 10.2 Å². The SMILES string of the molecule is CCC(c1nc2ccccc2c(=O)n1-c1ccccc1)N(CC(C)C)C(=O)Nc1ccc(SC)cc1. The lowest BCUT2D eigenvalue weighted by molar-refractivity contribution is 0.171. The van der Waals surface area contributed by atoms with Gasteiger partial charge in [-0.25, -0.2) is 9.78 Å². The van der Waals surface area contributed by atoms with Crippen LogP contribution >= 0.6 is 11.8 Å². The lowest BCUT2D eigenvalue weighted by atomic mass is 10.1. The van der Waals surface area contributed by atoms with Crippen molar-refractivity contribution >= 4 is 34.4 Å². The summed E-state index contributed by atoms with van der Waals surface area (Å²) in [5, 5.41) is 3.61. The van der Waals surface area contributed by atoms with Gasteiger partial charge in [-0.2, -0.15) is 0 Å². The minimum Gasteiger partial charge on any atom is -0.314 e. The number of carbonyl (C=O) groups is 1. The second-order valence-corrected chi connectivity index (χ2v) is 9.97. The van der Waals surface area contributed by atoms with Gasteiger partial charge in [0.05, 0.1) is 22.6 Å². The van der Waals surface area contributed by atoms with Gasteiger partial charge in [-0.05, 0) is 67.1 Å². The molecule has 0 spiro atoms. The first-order valence-electron chi connectivity index (χ1n) is 12.2. The average molecular weight is 501 g/mol. The van der Waals surface area contributed by atoms with Gasteiger partial charge in [0.25, 0.3) is 5.56 Å². The molecule has 0 radical (unpaired) electrons. The summed E-state index contributed by atoms with van der Waals surface area (Å²) in [6.45, 7) is 6.71. The second-order valence-electron chi connectivity index (χ2n) is 9.09. The first-order chi connectivity index (χ1) is 17.4. The van der Waals surface area contributed by atoms with Crippen LogP contribution in [0, 0.1) is 5.92 Å². The zero-order chi connectivity index (χ0) is 25.7. The van der Waals surface area contributed by atoms with Crippen molar-refractivity contribution in [1.29, 1.82) is 0 Å². The average Bonchev–Trinajstić information content (AvgIpc) is 2.89. The van der Waals surface area contributed by atoms with Crippen LogP contribution in [0.3, 0.4) is 0 Å². The van der Waals surface area contributed by atoms with Crippen molar-refractivity contribution in [3.05, 3.63) is 95.0 Å². The Morgan fingerprint density at radius 3 is 2.31 bits per heavy atom. The molecule has 1 heterocycles. The van der Waals surface area contributed by atoms with Crippen molar-refractivity contribution in [3.8, 4) is 5.69 Å². The van der Waals surface area contributed by atoms with Crippen molar-refractivity contribution in [2.24, 2.45) is 5.92 Å². The van der Waals surface area contributed by atoms with Crippen LogP contribution in [0.15, 0.2) is 88.6 Å². The Morgan fingerprint density at radius 1 is 1.00 bits per heavy atom. The number of fused-ring (bicyclic) bond motifs is 1. The van der Waals surface area contributed by atoms with Crippen LogP contribution in [0.4, 0.5) is 10.5 Å². The summed E-state index contributed by atoms with van der Waals surface area (Å²) >= 11 is 1.65. The van der Waals surface area contributed by atoms with Gasteiger partial charge in [0, 0.05) is 17.1 Å². The molecule has 0 aliphatic carbocycles. The molecular weight excluding hydrogens is 468 g/mol. The number of para-hydroxylation sites is 2. The number of hydrogen-bond acceptors (Lipinski definition) is 4. The van der Waals surface area contributed by atoms with E-state index in [2.05, 4.69) is 19.2 Å². The molecule has 7 heteroatoms. The van der Waals surface area contributed by atoms with E-state index in [1.807, 2.05) is 90.9 Å². The van der Waals surface area contributed by atoms with Gasteiger partial charge in [0.15, 0.2) is 0 Å². The predicted molar refractivity (Wildman–Crippen MR) is 149 cm³/mol. The molecular formula is C29H32N4O2S. The molecule has 1 atom stereocenters. The molecule has 4 aromatic rings. The molecule has 0 bridgehead atoms. The van der Waals surface area contributed by atoms with E-state index in [4.69, 9.17) is 4.98 Å². The summed E-state index contributed by atoms with van der Waals surface area (Å²) in [7, 11) is 0. The van der Waals surface area contributed by atoms with Crippen LogP contribution in [0.25, 0.3) is 16.6 Å². The fourth-order valence-electron chi connectivity index (χ4n) is 4.36. The molecule has 3 aromatic carbocycles. The van der Waals surface area contributed by atoms with E-state index < -0.39 is 6.04 Å². The van der Waals surface area contributed by atoms with Crippen LogP contribution in [0.2, 0.25) is 0 Å². The number of carbonyl (C=O) groups excluding carboxylic acids is 1. The summed E-state index contributed by atoms with van der Waals surface area (Å²) in [5.74, 6) is 0.780. The molecule has 4 rings (SSSR count). The van der Waals surface area contributed by atoms with Crippen molar-refractivity contribution in [2.75, 3.05) is 18.1 Å². The smallest absolute Gasteiger partial charge is 0.314 e. The van der Waals surface area contributed by atoms with Gasteiger partial charge in [0.1, 0.15) is 5.82 Å². The molecule has 0 saturated heterocycles. The largest absolute Gasteiger partial charge is 0.322 e. The van der Waals surface area contributed by atoms with E-state index in [0.717, 1.165) is 16.3 Å². The fourth-order valence-corrected chi connectivity index (χ4v) is 4.77. The quantitative estimate of drug-likeness (QED) is 0.272. The number of nitrogens with zero attached hydrogens (tertiary/aromatic N) is 3. The Balaban J connectivity index is 1.83. The molecule has 1 aromatic heterocycles. The van der Waals surface area contributed by atoms with Crippen molar-refractivity contribution in [1.82, 2.24) is 14.5 Å². The summed E-state index contributed by atoms with van der Waals surface area (Å²) < 4.78 is 1.66. The summed E-state index contributed by atoms with van der Waals surface area (Å²) in [6.07, 6.45) is 2.62. The maximum atomic E-state index is 13.7. The Kier molecular flexibility index (Phi) is 8.10. The van der Waals surface area contributed by atoms with Crippen LogP contribution in [0.1, 0.15) is 39.1 Å². The van der Waals surface area contributed by atoms with E-state index in [1.54, 1.807) is 22.4 Å². The number of nitrogens with one attached hydrogen (secondary N) is 1. The molecule has 6 nitrogen and oxygen atoms in total. The van der Waals surface area contributed by atoms with E-state index >= 15 is 0 Å². The summed E-state index contributed by atoms with van der Waals surface area (Å²) in [5.41, 5.74) is 1.94. The van der Waals surface area contributed by atoms with Crippen LogP contribution in [-0.4, -0.2) is 33.3 Å². The zero-order valence-electron chi connectivity index (χ0n) is 21.1. The van der Waals surface area contributed by atoms with Crippen LogP contribution < -0.4 is 10.9 Å². The summed E-state index contributed by atoms with van der Waals surface area (Å²) in [6, 6.07) is 24.1. The lowest BCUT2D eigenvalue weighted by Gasteiger charge is -2.33. The van der Waals surface area contributed by atoms with E-state index in [9.17, 15) is 9.59 Å². The maximum Gasteiger partial charge on any atom is 0.322 e. The number of benzene rings is 3. The highest BCUT2D eigenvalue weighted by Crippen LogP contribution is 2.28. The third-order valence-corrected chi connectivity index (χ3v) is 6.78. The molecule has 0 aliphatic rings. The van der Waals surface area contributed by atoms with Gasteiger partial charge in [-0.3, -0.25) is 9.36 Å². The zero-order valence-corrected chi connectivity index (χ0v) is 22.0. The minimum atomic E-state index is -0.407. The number of amides is 2. The Hall–Kier alpha value is -3.58. The van der Waals surface area contributed by atoms with Gasteiger partial charge in [-0.15, -0.1) is 11.8 Å². The topological polar surface area (TPSA) is 67.2 Å². The standard InChI is InChI=1S/C29H32N4O2S/c1-5-26(32(19-20(2)3)29(35)30-21-15-17-23(36-4)18-16-21)27-31-25-14-10-9-13-24(25)28(34)33(27)22-11-7-6-8-12-22/h6-18,20,26H,5,19H2,1-4H3,(H,30,35). The molecule has 0 fully saturated rings. The van der Waals surface area contributed by atoms with Crippen LogP contribution in [-0.2, 0) is 0 Å². The monoisotopic (exact) mass is 500 g/mol. The molecule has 1 unspecified atom stereocenters. The Morgan fingerprint density at radius 2 is 1.67 bits per heavy atom. The van der Waals surface area contributed by atoms with Crippen molar-refractivity contribution < 1.29 is 4.79 Å². The molecule has 1 N–H and O–H groups in total. The first kappa shape index (κ1) is 25.5. The molecule has 0 aliphatic heterocycles. The van der Waals surface area contributed by atoms with Crippen molar-refractivity contribution in [3.63, 3.8) is 0 Å². The highest BCUT2D eigenvalue weighted by Gasteiger charge is 2.29. The third kappa shape index (κ3) is 5.46. The Labute approximate surface area is 216 Å². The number of rotatable bonds is 8. The number of hydrogen-bond donors (Lipinski definition) is 1. The van der Waals surface area contributed by atoms with Crippen molar-refractivity contribution in [2.45, 2.75) is 38.1 Å². The van der Waals surface area contributed by atoms with E-state index in [1.165, 1.54) is 0 Å². The van der Waals surface area contributed by atoms with Gasteiger partial charge >= 0.3 is 6.03 Å². The van der Waals surface area contributed by atoms with Crippen LogP contribution in [0.5, 0.6) is 0 Å².